The molecule has 0 aliphatic rings. The van der Waals surface area contributed by atoms with Gasteiger partial charge >= 0.3 is 6.09 Å². The Morgan fingerprint density at radius 3 is 2.33 bits per heavy atom. The molecule has 0 aromatic heterocycles. The largest absolute Gasteiger partial charge is 0.492 e. The number of methoxy groups -OCH3 is 1. The third kappa shape index (κ3) is 4.65. The lowest BCUT2D eigenvalue weighted by Gasteiger charge is -2.19. The van der Waals surface area contributed by atoms with E-state index >= 15 is 0 Å². The van der Waals surface area contributed by atoms with Gasteiger partial charge in [0.15, 0.2) is 0 Å². The summed E-state index contributed by atoms with van der Waals surface area (Å²) in [6.07, 6.45) is -0.443. The highest BCUT2D eigenvalue weighted by Crippen LogP contribution is 2.24. The Morgan fingerprint density at radius 2 is 1.83 bits per heavy atom. The molecule has 4 nitrogen and oxygen atoms in total. The van der Waals surface area contributed by atoms with Crippen molar-refractivity contribution in [3.05, 3.63) is 29.8 Å². The zero-order valence-corrected chi connectivity index (χ0v) is 11.4. The van der Waals surface area contributed by atoms with Crippen LogP contribution in [0.3, 0.4) is 0 Å². The van der Waals surface area contributed by atoms with Gasteiger partial charge in [0.2, 0.25) is 0 Å². The third-order valence-electron chi connectivity index (χ3n) is 2.55. The van der Waals surface area contributed by atoms with E-state index in [1.807, 2.05) is 12.1 Å². The summed E-state index contributed by atoms with van der Waals surface area (Å²) in [5, 5.41) is 2.55. The van der Waals surface area contributed by atoms with E-state index < -0.39 is 6.09 Å². The first-order valence-corrected chi connectivity index (χ1v) is 5.98. The maximum absolute atomic E-state index is 10.8. The highest BCUT2D eigenvalue weighted by atomic mass is 16.5. The van der Waals surface area contributed by atoms with Crippen LogP contribution < -0.4 is 10.1 Å². The molecule has 0 aliphatic carbocycles. The summed E-state index contributed by atoms with van der Waals surface area (Å²) < 4.78 is 9.95. The topological polar surface area (TPSA) is 47.6 Å². The Labute approximate surface area is 108 Å². The predicted molar refractivity (Wildman–Crippen MR) is 71.0 cm³/mol. The minimum atomic E-state index is -0.443. The van der Waals surface area contributed by atoms with Crippen LogP contribution in [0.2, 0.25) is 0 Å². The van der Waals surface area contributed by atoms with Crippen LogP contribution in [0.1, 0.15) is 26.3 Å². The first kappa shape index (κ1) is 14.4. The van der Waals surface area contributed by atoms with Gasteiger partial charge in [0.1, 0.15) is 12.4 Å². The molecule has 0 saturated heterocycles. The molecule has 1 amide bonds. The minimum Gasteiger partial charge on any atom is -0.492 e. The monoisotopic (exact) mass is 251 g/mol. The highest BCUT2D eigenvalue weighted by Gasteiger charge is 2.12. The van der Waals surface area contributed by atoms with Crippen molar-refractivity contribution in [2.75, 3.05) is 20.3 Å². The number of nitrogens with one attached hydrogen (secondary N) is 1. The van der Waals surface area contributed by atoms with E-state index in [1.165, 1.54) is 12.7 Å². The number of carbonyl (C=O) groups is 1. The zero-order valence-electron chi connectivity index (χ0n) is 11.4. The maximum atomic E-state index is 10.8. The fourth-order valence-corrected chi connectivity index (χ4v) is 1.45. The fraction of sp³-hybridized carbons (Fsp3) is 0.500. The fourth-order valence-electron chi connectivity index (χ4n) is 1.45. The van der Waals surface area contributed by atoms with Gasteiger partial charge in [0.05, 0.1) is 13.7 Å². The molecule has 1 aromatic rings. The highest BCUT2D eigenvalue weighted by molar-refractivity contribution is 5.66. The molecule has 0 heterocycles. The molecule has 0 radical (unpaired) electrons. The Morgan fingerprint density at radius 1 is 1.22 bits per heavy atom. The molecule has 0 bridgehead atoms. The lowest BCUT2D eigenvalue weighted by atomic mass is 9.87. The smallest absolute Gasteiger partial charge is 0.406 e. The number of ether oxygens (including phenoxy) is 2. The molecule has 1 N–H and O–H groups in total. The van der Waals surface area contributed by atoms with E-state index in [9.17, 15) is 4.79 Å². The second-order valence-electron chi connectivity index (χ2n) is 5.04. The molecule has 18 heavy (non-hydrogen) atoms. The van der Waals surface area contributed by atoms with Gasteiger partial charge in [-0.15, -0.1) is 0 Å². The Balaban J connectivity index is 2.38. The molecule has 0 aliphatic heterocycles. The van der Waals surface area contributed by atoms with Gasteiger partial charge in [-0.05, 0) is 23.1 Å². The minimum absolute atomic E-state index is 0.144. The van der Waals surface area contributed by atoms with Crippen LogP contribution in [-0.4, -0.2) is 26.4 Å². The second-order valence-corrected chi connectivity index (χ2v) is 5.04. The van der Waals surface area contributed by atoms with Crippen LogP contribution in [0.25, 0.3) is 0 Å². The average molecular weight is 251 g/mol. The van der Waals surface area contributed by atoms with E-state index in [0.29, 0.717) is 13.2 Å². The average Bonchev–Trinajstić information content (AvgIpc) is 2.33. The van der Waals surface area contributed by atoms with Gasteiger partial charge in [0, 0.05) is 0 Å². The maximum Gasteiger partial charge on any atom is 0.406 e. The summed E-state index contributed by atoms with van der Waals surface area (Å²) in [4.78, 5) is 10.8. The zero-order chi connectivity index (χ0) is 13.6. The number of hydrogen-bond donors (Lipinski definition) is 1. The van der Waals surface area contributed by atoms with Crippen LogP contribution in [0, 0.1) is 0 Å². The van der Waals surface area contributed by atoms with Crippen LogP contribution in [0.15, 0.2) is 24.3 Å². The van der Waals surface area contributed by atoms with Crippen molar-refractivity contribution in [1.82, 2.24) is 5.32 Å². The molecular weight excluding hydrogens is 230 g/mol. The molecule has 0 spiro atoms. The molecule has 0 fully saturated rings. The van der Waals surface area contributed by atoms with Gasteiger partial charge in [-0.3, -0.25) is 0 Å². The summed E-state index contributed by atoms with van der Waals surface area (Å²) in [5.41, 5.74) is 1.41. The van der Waals surface area contributed by atoms with E-state index in [0.717, 1.165) is 5.75 Å². The SMILES string of the molecule is COC(=O)NCCOc1ccc(C(C)(C)C)cc1. The molecule has 1 rings (SSSR count). The van der Waals surface area contributed by atoms with Gasteiger partial charge in [-0.25, -0.2) is 4.79 Å². The van der Waals surface area contributed by atoms with Crippen LogP contribution >= 0.6 is 0 Å². The molecule has 0 atom stereocenters. The van der Waals surface area contributed by atoms with Crippen molar-refractivity contribution >= 4 is 6.09 Å². The summed E-state index contributed by atoms with van der Waals surface area (Å²) in [6.45, 7) is 7.35. The molecule has 4 heteroatoms. The number of carbonyl (C=O) groups excluding carboxylic acids is 1. The van der Waals surface area contributed by atoms with Crippen molar-refractivity contribution in [2.45, 2.75) is 26.2 Å². The summed E-state index contributed by atoms with van der Waals surface area (Å²) >= 11 is 0. The first-order chi connectivity index (χ1) is 8.43. The molecule has 1 aromatic carbocycles. The third-order valence-corrected chi connectivity index (χ3v) is 2.55. The predicted octanol–water partition coefficient (Wildman–Crippen LogP) is 2.72. The normalized spacial score (nSPS) is 10.9. The quantitative estimate of drug-likeness (QED) is 0.837. The summed E-state index contributed by atoms with van der Waals surface area (Å²) in [7, 11) is 1.33. The molecule has 100 valence electrons. The van der Waals surface area contributed by atoms with Crippen molar-refractivity contribution < 1.29 is 14.3 Å². The van der Waals surface area contributed by atoms with Crippen molar-refractivity contribution in [3.63, 3.8) is 0 Å². The number of rotatable bonds is 4. The molecule has 0 unspecified atom stereocenters. The summed E-state index contributed by atoms with van der Waals surface area (Å²) in [5.74, 6) is 0.801. The first-order valence-electron chi connectivity index (χ1n) is 5.98. The van der Waals surface area contributed by atoms with E-state index in [4.69, 9.17) is 4.74 Å². The van der Waals surface area contributed by atoms with Crippen LogP contribution in [0.5, 0.6) is 5.75 Å². The Kier molecular flexibility index (Phi) is 5.01. The van der Waals surface area contributed by atoms with E-state index in [2.05, 4.69) is 43.0 Å². The number of alkyl carbamates (subject to hydrolysis) is 1. The van der Waals surface area contributed by atoms with Gasteiger partial charge in [-0.2, -0.15) is 0 Å². The Hall–Kier alpha value is -1.71. The lowest BCUT2D eigenvalue weighted by molar-refractivity contribution is 0.168. The van der Waals surface area contributed by atoms with Crippen molar-refractivity contribution in [1.29, 1.82) is 0 Å². The number of benzene rings is 1. The van der Waals surface area contributed by atoms with Gasteiger partial charge < -0.3 is 14.8 Å². The van der Waals surface area contributed by atoms with Crippen LogP contribution in [-0.2, 0) is 10.2 Å². The molecule has 0 saturated carbocycles. The second kappa shape index (κ2) is 6.28. The summed E-state index contributed by atoms with van der Waals surface area (Å²) in [6, 6.07) is 8.00. The van der Waals surface area contributed by atoms with Crippen LogP contribution in [0.4, 0.5) is 4.79 Å². The van der Waals surface area contributed by atoms with Gasteiger partial charge in [-0.1, -0.05) is 32.9 Å². The van der Waals surface area contributed by atoms with Gasteiger partial charge in [0.25, 0.3) is 0 Å². The lowest BCUT2D eigenvalue weighted by Crippen LogP contribution is -2.27. The van der Waals surface area contributed by atoms with Crippen molar-refractivity contribution in [3.8, 4) is 5.75 Å². The Bertz CT molecular complexity index is 379. The van der Waals surface area contributed by atoms with E-state index in [1.54, 1.807) is 0 Å². The number of hydrogen-bond acceptors (Lipinski definition) is 3. The van der Waals surface area contributed by atoms with E-state index in [-0.39, 0.29) is 5.41 Å². The number of amides is 1. The van der Waals surface area contributed by atoms with Crippen molar-refractivity contribution in [2.24, 2.45) is 0 Å². The molecular formula is C14H21NO3. The standard InChI is InChI=1S/C14H21NO3/c1-14(2,3)11-5-7-12(8-6-11)18-10-9-15-13(16)17-4/h5-8H,9-10H2,1-4H3,(H,15,16).